The number of fused-ring (bicyclic) bond motifs is 7. The van der Waals surface area contributed by atoms with E-state index < -0.39 is 5.97 Å². The molecular formula is C31H47NO5. The summed E-state index contributed by atoms with van der Waals surface area (Å²) >= 11 is 0. The van der Waals surface area contributed by atoms with E-state index in [4.69, 9.17) is 4.74 Å². The molecule has 9 unspecified atom stereocenters. The maximum atomic E-state index is 14.2. The van der Waals surface area contributed by atoms with Gasteiger partial charge in [-0.05, 0) is 103 Å². The predicted molar refractivity (Wildman–Crippen MR) is 142 cm³/mol. The Morgan fingerprint density at radius 3 is 2.32 bits per heavy atom. The molecule has 0 aliphatic heterocycles. The van der Waals surface area contributed by atoms with E-state index in [0.717, 1.165) is 51.4 Å². The lowest BCUT2D eigenvalue weighted by Crippen LogP contribution is -2.65. The van der Waals surface area contributed by atoms with Crippen LogP contribution in [0.1, 0.15) is 92.4 Å². The molecule has 206 valence electrons. The van der Waals surface area contributed by atoms with Crippen LogP contribution in [-0.4, -0.2) is 42.5 Å². The first-order chi connectivity index (χ1) is 17.3. The van der Waals surface area contributed by atoms with Crippen LogP contribution in [0.5, 0.6) is 0 Å². The minimum Gasteiger partial charge on any atom is -0.481 e. The smallest absolute Gasteiger partial charge is 0.319 e. The summed E-state index contributed by atoms with van der Waals surface area (Å²) in [6.07, 6.45) is 10.7. The minimum atomic E-state index is -0.677. The number of nitrogens with one attached hydrogen (secondary N) is 1. The van der Waals surface area contributed by atoms with Gasteiger partial charge >= 0.3 is 11.9 Å². The number of carbonyl (C=O) groups is 3. The molecule has 9 atom stereocenters. The number of hydrogen-bond acceptors (Lipinski definition) is 5. The van der Waals surface area contributed by atoms with E-state index >= 15 is 0 Å². The summed E-state index contributed by atoms with van der Waals surface area (Å²) in [6.45, 7) is 12.0. The van der Waals surface area contributed by atoms with Crippen molar-refractivity contribution >= 4 is 17.7 Å². The summed E-state index contributed by atoms with van der Waals surface area (Å²) in [4.78, 5) is 38.0. The van der Waals surface area contributed by atoms with Crippen molar-refractivity contribution in [2.45, 2.75) is 98.4 Å². The quantitative estimate of drug-likeness (QED) is 0.489. The Morgan fingerprint density at radius 2 is 1.65 bits per heavy atom. The molecule has 37 heavy (non-hydrogen) atoms. The lowest BCUT2D eigenvalue weighted by atomic mass is 9.37. The summed E-state index contributed by atoms with van der Waals surface area (Å²) in [6, 6.07) is 0.212. The maximum absolute atomic E-state index is 14.2. The first-order valence-corrected chi connectivity index (χ1v) is 14.6. The van der Waals surface area contributed by atoms with Crippen LogP contribution in [0.25, 0.3) is 0 Å². The van der Waals surface area contributed by atoms with Crippen LogP contribution in [-0.2, 0) is 19.1 Å². The van der Waals surface area contributed by atoms with Crippen LogP contribution in [0.4, 0.5) is 0 Å². The number of ketones is 1. The van der Waals surface area contributed by atoms with E-state index in [-0.39, 0.29) is 58.0 Å². The summed E-state index contributed by atoms with van der Waals surface area (Å²) in [5.41, 5.74) is 1.20. The summed E-state index contributed by atoms with van der Waals surface area (Å²) < 4.78 is 4.86. The fraction of sp³-hybridized carbons (Fsp3) is 0.839. The van der Waals surface area contributed by atoms with Crippen molar-refractivity contribution in [2.75, 3.05) is 13.7 Å². The molecule has 5 aliphatic rings. The summed E-state index contributed by atoms with van der Waals surface area (Å²) in [7, 11) is 1.43. The number of carboxylic acid groups (broad SMARTS) is 1. The van der Waals surface area contributed by atoms with Gasteiger partial charge in [-0.15, -0.1) is 0 Å². The zero-order valence-electron chi connectivity index (χ0n) is 23.7. The zero-order valence-corrected chi connectivity index (χ0v) is 23.7. The summed E-state index contributed by atoms with van der Waals surface area (Å²) in [5.74, 6) is 0.0540. The molecule has 0 spiro atoms. The Hall–Kier alpha value is -1.69. The second-order valence-corrected chi connectivity index (χ2v) is 14.6. The largest absolute Gasteiger partial charge is 0.481 e. The molecule has 6 heteroatoms. The fourth-order valence-corrected chi connectivity index (χ4v) is 10.6. The Labute approximate surface area is 222 Å². The second-order valence-electron chi connectivity index (χ2n) is 14.6. The van der Waals surface area contributed by atoms with Gasteiger partial charge in [-0.3, -0.25) is 14.4 Å². The highest BCUT2D eigenvalue weighted by molar-refractivity contribution is 5.95. The third-order valence-electron chi connectivity index (χ3n) is 12.5. The Kier molecular flexibility index (Phi) is 6.49. The van der Waals surface area contributed by atoms with E-state index in [9.17, 15) is 19.5 Å². The minimum absolute atomic E-state index is 0.00319. The van der Waals surface area contributed by atoms with Crippen LogP contribution in [0, 0.1) is 51.2 Å². The van der Waals surface area contributed by atoms with Crippen molar-refractivity contribution in [3.05, 3.63) is 11.6 Å². The van der Waals surface area contributed by atoms with Gasteiger partial charge in [0.2, 0.25) is 0 Å². The van der Waals surface area contributed by atoms with Crippen LogP contribution in [0.15, 0.2) is 11.6 Å². The average Bonchev–Trinajstić information content (AvgIpc) is 2.81. The number of esters is 1. The SMILES string of the molecule is COC(=O)CNC1CCC2(C)C(CCC3(C)C4CCC5(C)CCC(C(=O)O)CC5C4=CC(=O)C32)C1(C)C. The molecule has 4 fully saturated rings. The molecule has 5 aliphatic carbocycles. The van der Waals surface area contributed by atoms with Crippen molar-refractivity contribution < 1.29 is 24.2 Å². The van der Waals surface area contributed by atoms with Gasteiger partial charge in [0, 0.05) is 12.0 Å². The average molecular weight is 514 g/mol. The molecule has 0 amide bonds. The molecule has 0 aromatic rings. The standard InChI is InChI=1S/C31H47NO5/c1-28(2)23-9-13-30(4)20-8-12-29(3)11-7-18(27(35)36)15-21(29)19(20)16-22(33)26(30)31(23,5)14-10-24(28)32-17-25(34)37-6/h16,18,20-21,23-24,26,32H,7-15,17H2,1-6H3,(H,35,36). The number of methoxy groups -OCH3 is 1. The van der Waals surface area contributed by atoms with Crippen LogP contribution in [0.3, 0.4) is 0 Å². The molecule has 4 saturated carbocycles. The van der Waals surface area contributed by atoms with Gasteiger partial charge in [0.25, 0.3) is 0 Å². The molecule has 0 heterocycles. The van der Waals surface area contributed by atoms with Gasteiger partial charge in [0.05, 0.1) is 19.6 Å². The van der Waals surface area contributed by atoms with E-state index in [1.165, 1.54) is 12.7 Å². The number of carbonyl (C=O) groups excluding carboxylic acids is 2. The molecule has 0 radical (unpaired) electrons. The molecule has 5 rings (SSSR count). The van der Waals surface area contributed by atoms with Gasteiger partial charge in [-0.1, -0.05) is 40.2 Å². The zero-order chi connectivity index (χ0) is 27.0. The van der Waals surface area contributed by atoms with E-state index in [2.05, 4.69) is 39.9 Å². The normalized spacial score (nSPS) is 46.4. The number of carboxylic acids is 1. The highest BCUT2D eigenvalue weighted by atomic mass is 16.5. The molecular weight excluding hydrogens is 466 g/mol. The van der Waals surface area contributed by atoms with Crippen LogP contribution < -0.4 is 5.32 Å². The van der Waals surface area contributed by atoms with Crippen molar-refractivity contribution in [2.24, 2.45) is 51.2 Å². The first-order valence-electron chi connectivity index (χ1n) is 14.6. The monoisotopic (exact) mass is 513 g/mol. The highest BCUT2D eigenvalue weighted by Gasteiger charge is 2.66. The third-order valence-corrected chi connectivity index (χ3v) is 12.5. The van der Waals surface area contributed by atoms with Gasteiger partial charge in [0.1, 0.15) is 0 Å². The van der Waals surface area contributed by atoms with Gasteiger partial charge in [-0.25, -0.2) is 0 Å². The molecule has 0 bridgehead atoms. The topological polar surface area (TPSA) is 92.7 Å². The Morgan fingerprint density at radius 1 is 0.973 bits per heavy atom. The molecule has 0 aromatic heterocycles. The van der Waals surface area contributed by atoms with E-state index in [1.807, 2.05) is 6.08 Å². The first kappa shape index (κ1) is 26.9. The Bertz CT molecular complexity index is 1020. The van der Waals surface area contributed by atoms with Crippen molar-refractivity contribution in [1.82, 2.24) is 5.32 Å². The van der Waals surface area contributed by atoms with Crippen LogP contribution >= 0.6 is 0 Å². The lowest BCUT2D eigenvalue weighted by molar-refractivity contribution is -0.173. The van der Waals surface area contributed by atoms with Crippen molar-refractivity contribution in [3.63, 3.8) is 0 Å². The number of ether oxygens (including phenoxy) is 1. The third kappa shape index (κ3) is 3.94. The lowest BCUT2D eigenvalue weighted by Gasteiger charge is -2.67. The molecule has 2 N–H and O–H groups in total. The number of rotatable bonds is 4. The Balaban J connectivity index is 1.47. The second kappa shape index (κ2) is 8.93. The van der Waals surface area contributed by atoms with Gasteiger partial charge < -0.3 is 15.2 Å². The molecule has 0 saturated heterocycles. The highest BCUT2D eigenvalue weighted by Crippen LogP contribution is 2.70. The van der Waals surface area contributed by atoms with Crippen LogP contribution in [0.2, 0.25) is 0 Å². The predicted octanol–water partition coefficient (Wildman–Crippen LogP) is 5.40. The van der Waals surface area contributed by atoms with E-state index in [1.54, 1.807) is 0 Å². The molecule has 0 aromatic carbocycles. The molecule has 6 nitrogen and oxygen atoms in total. The maximum Gasteiger partial charge on any atom is 0.319 e. The van der Waals surface area contributed by atoms with E-state index in [0.29, 0.717) is 24.0 Å². The number of aliphatic carboxylic acids is 1. The fourth-order valence-electron chi connectivity index (χ4n) is 10.6. The number of hydrogen-bond donors (Lipinski definition) is 2. The van der Waals surface area contributed by atoms with Gasteiger partial charge in [-0.2, -0.15) is 0 Å². The van der Waals surface area contributed by atoms with Crippen molar-refractivity contribution in [1.29, 1.82) is 0 Å². The number of allylic oxidation sites excluding steroid dienone is 2. The van der Waals surface area contributed by atoms with Crippen molar-refractivity contribution in [3.8, 4) is 0 Å². The van der Waals surface area contributed by atoms with Gasteiger partial charge in [0.15, 0.2) is 5.78 Å². The summed E-state index contributed by atoms with van der Waals surface area (Å²) in [5, 5.41) is 13.3.